The number of aliphatic imine (C=N–C) groups is 1. The van der Waals surface area contributed by atoms with E-state index >= 15 is 0 Å². The maximum Gasteiger partial charge on any atom is 0.254 e. The minimum absolute atomic E-state index is 0.0511. The summed E-state index contributed by atoms with van der Waals surface area (Å²) in [6.07, 6.45) is 6.98. The number of hydrogen-bond donors (Lipinski definition) is 0. The molecule has 4 nitrogen and oxygen atoms in total. The Morgan fingerprint density at radius 1 is 1.19 bits per heavy atom. The molecule has 0 radical (unpaired) electrons. The number of hydrogen-bond acceptors (Lipinski definition) is 3. The van der Waals surface area contributed by atoms with Crippen LogP contribution in [0, 0.1) is 24.1 Å². The number of aryl methyl sites for hydroxylation is 1. The molecule has 0 saturated heterocycles. The number of carbonyl (C=O) groups is 1. The molecule has 1 unspecified atom stereocenters. The van der Waals surface area contributed by atoms with Crippen molar-refractivity contribution in [1.82, 2.24) is 4.90 Å². The lowest BCUT2D eigenvalue weighted by Crippen LogP contribution is -2.43. The molecule has 2 aliphatic carbocycles. The second kappa shape index (κ2) is 7.77. The fourth-order valence-electron chi connectivity index (χ4n) is 4.93. The minimum atomic E-state index is -0.426. The largest absolute Gasteiger partial charge is 0.332 e. The molecule has 1 fully saturated rings. The van der Waals surface area contributed by atoms with Crippen molar-refractivity contribution in [2.24, 2.45) is 4.99 Å². The van der Waals surface area contributed by atoms with Gasteiger partial charge in [-0.1, -0.05) is 12.1 Å². The molecule has 0 aromatic heterocycles. The molecule has 0 spiro atoms. The number of halogens is 1. The monoisotopic (exact) mass is 413 g/mol. The second-order valence-electron chi connectivity index (χ2n) is 8.74. The van der Waals surface area contributed by atoms with Gasteiger partial charge in [-0.3, -0.25) is 9.79 Å². The molecule has 1 aliphatic heterocycles. The Bertz CT molecular complexity index is 1170. The van der Waals surface area contributed by atoms with E-state index in [-0.39, 0.29) is 11.9 Å². The summed E-state index contributed by atoms with van der Waals surface area (Å²) in [4.78, 5) is 20.0. The van der Waals surface area contributed by atoms with Gasteiger partial charge in [-0.15, -0.1) is 0 Å². The summed E-state index contributed by atoms with van der Waals surface area (Å²) in [7, 11) is 0. The Labute approximate surface area is 181 Å². The summed E-state index contributed by atoms with van der Waals surface area (Å²) in [6, 6.07) is 12.5. The third-order valence-electron chi connectivity index (χ3n) is 6.66. The van der Waals surface area contributed by atoms with Crippen LogP contribution in [0.2, 0.25) is 0 Å². The summed E-state index contributed by atoms with van der Waals surface area (Å²) in [5.74, 6) is -0.375. The number of amides is 1. The third-order valence-corrected chi connectivity index (χ3v) is 6.66. The third kappa shape index (κ3) is 3.57. The zero-order chi connectivity index (χ0) is 21.5. The lowest BCUT2D eigenvalue weighted by Gasteiger charge is -2.35. The number of rotatable bonds is 4. The standard InChI is InChI=1S/C26H24FN3O/c1-16-11-17(6-10-23(16)25-18(13-28)3-2-4-24(25)27)26(31)30(21-8-9-21)22-7-5-19-14-29-15-20(19)12-22/h2-4,6,10-11,15,21-22H,5,7-9,12,14H2,1H3. The van der Waals surface area contributed by atoms with Crippen LogP contribution in [0.1, 0.15) is 53.6 Å². The maximum atomic E-state index is 14.5. The van der Waals surface area contributed by atoms with Crippen LogP contribution in [0.4, 0.5) is 4.39 Å². The Kier molecular flexibility index (Phi) is 4.94. The van der Waals surface area contributed by atoms with Crippen molar-refractivity contribution in [3.8, 4) is 17.2 Å². The van der Waals surface area contributed by atoms with Crippen LogP contribution in [0.25, 0.3) is 11.1 Å². The molecule has 0 N–H and O–H groups in total. The molecule has 156 valence electrons. The lowest BCUT2D eigenvalue weighted by molar-refractivity contribution is 0.0645. The van der Waals surface area contributed by atoms with E-state index in [1.54, 1.807) is 18.2 Å². The van der Waals surface area contributed by atoms with Gasteiger partial charge in [0.15, 0.2) is 0 Å². The van der Waals surface area contributed by atoms with E-state index < -0.39 is 5.82 Å². The van der Waals surface area contributed by atoms with E-state index in [1.807, 2.05) is 19.2 Å². The number of benzene rings is 2. The summed E-state index contributed by atoms with van der Waals surface area (Å²) in [5.41, 5.74) is 5.41. The van der Waals surface area contributed by atoms with Gasteiger partial charge >= 0.3 is 0 Å². The zero-order valence-corrected chi connectivity index (χ0v) is 17.6. The highest BCUT2D eigenvalue weighted by molar-refractivity contribution is 5.96. The first-order valence-electron chi connectivity index (χ1n) is 10.9. The molecule has 1 heterocycles. The Hall–Kier alpha value is -3.26. The molecule has 2 aromatic carbocycles. The molecular weight excluding hydrogens is 389 g/mol. The second-order valence-corrected chi connectivity index (χ2v) is 8.74. The van der Waals surface area contributed by atoms with Crippen LogP contribution in [0.15, 0.2) is 52.5 Å². The SMILES string of the molecule is Cc1cc(C(=O)N(C2CC2)C2CCC3=C(C=NC3)C2)ccc1-c1c(F)cccc1C#N. The van der Waals surface area contributed by atoms with Crippen molar-refractivity contribution >= 4 is 12.1 Å². The normalized spacial score (nSPS) is 19.8. The summed E-state index contributed by atoms with van der Waals surface area (Å²) in [5, 5.41) is 9.40. The van der Waals surface area contributed by atoms with Gasteiger partial charge in [0, 0.05) is 29.4 Å². The Morgan fingerprint density at radius 2 is 2.03 bits per heavy atom. The maximum absolute atomic E-state index is 14.5. The molecule has 5 heteroatoms. The van der Waals surface area contributed by atoms with E-state index in [1.165, 1.54) is 23.3 Å². The molecule has 2 aromatic rings. The van der Waals surface area contributed by atoms with Crippen molar-refractivity contribution in [3.05, 3.63) is 70.1 Å². The molecule has 1 amide bonds. The van der Waals surface area contributed by atoms with Crippen LogP contribution in [-0.4, -0.2) is 35.7 Å². The van der Waals surface area contributed by atoms with Gasteiger partial charge < -0.3 is 4.90 Å². The van der Waals surface area contributed by atoms with E-state index in [4.69, 9.17) is 0 Å². The highest BCUT2D eigenvalue weighted by Gasteiger charge is 2.39. The van der Waals surface area contributed by atoms with E-state index in [2.05, 4.69) is 16.0 Å². The van der Waals surface area contributed by atoms with E-state index in [9.17, 15) is 14.4 Å². The van der Waals surface area contributed by atoms with Crippen LogP contribution in [0.5, 0.6) is 0 Å². The summed E-state index contributed by atoms with van der Waals surface area (Å²) < 4.78 is 14.5. The Morgan fingerprint density at radius 3 is 2.77 bits per heavy atom. The molecular formula is C26H24FN3O. The van der Waals surface area contributed by atoms with Gasteiger partial charge in [-0.2, -0.15) is 5.26 Å². The molecule has 5 rings (SSSR count). The quantitative estimate of drug-likeness (QED) is 0.691. The topological polar surface area (TPSA) is 56.5 Å². The molecule has 31 heavy (non-hydrogen) atoms. The zero-order valence-electron chi connectivity index (χ0n) is 17.6. The molecule has 3 aliphatic rings. The van der Waals surface area contributed by atoms with Crippen LogP contribution < -0.4 is 0 Å². The summed E-state index contributed by atoms with van der Waals surface area (Å²) in [6.45, 7) is 2.69. The van der Waals surface area contributed by atoms with Crippen molar-refractivity contribution in [1.29, 1.82) is 5.26 Å². The van der Waals surface area contributed by atoms with E-state index in [0.717, 1.165) is 44.2 Å². The number of carbonyl (C=O) groups excluding carboxylic acids is 1. The minimum Gasteiger partial charge on any atom is -0.332 e. The van der Waals surface area contributed by atoms with Crippen molar-refractivity contribution < 1.29 is 9.18 Å². The van der Waals surface area contributed by atoms with Crippen molar-refractivity contribution in [2.75, 3.05) is 6.54 Å². The molecule has 1 atom stereocenters. The van der Waals surface area contributed by atoms with Gasteiger partial charge in [-0.25, -0.2) is 4.39 Å². The average Bonchev–Trinajstić information content (AvgIpc) is 3.49. The first-order valence-corrected chi connectivity index (χ1v) is 10.9. The van der Waals surface area contributed by atoms with Crippen LogP contribution >= 0.6 is 0 Å². The molecule has 1 saturated carbocycles. The van der Waals surface area contributed by atoms with Gasteiger partial charge in [0.05, 0.1) is 18.2 Å². The Balaban J connectivity index is 1.45. The lowest BCUT2D eigenvalue weighted by atomic mass is 9.88. The van der Waals surface area contributed by atoms with E-state index in [0.29, 0.717) is 28.3 Å². The first-order chi connectivity index (χ1) is 15.1. The highest BCUT2D eigenvalue weighted by Crippen LogP contribution is 2.38. The predicted octanol–water partition coefficient (Wildman–Crippen LogP) is 5.21. The fraction of sp³-hybridized carbons (Fsp3) is 0.346. The van der Waals surface area contributed by atoms with Crippen LogP contribution in [0.3, 0.4) is 0 Å². The highest BCUT2D eigenvalue weighted by atomic mass is 19.1. The summed E-state index contributed by atoms with van der Waals surface area (Å²) >= 11 is 0. The van der Waals surface area contributed by atoms with Crippen molar-refractivity contribution in [2.45, 2.75) is 51.1 Å². The molecule has 0 bridgehead atoms. The van der Waals surface area contributed by atoms with Crippen LogP contribution in [-0.2, 0) is 0 Å². The smallest absolute Gasteiger partial charge is 0.254 e. The van der Waals surface area contributed by atoms with Gasteiger partial charge in [0.1, 0.15) is 5.82 Å². The van der Waals surface area contributed by atoms with Gasteiger partial charge in [0.2, 0.25) is 0 Å². The average molecular weight is 413 g/mol. The fourth-order valence-corrected chi connectivity index (χ4v) is 4.93. The number of nitriles is 1. The number of nitrogens with zero attached hydrogens (tertiary/aromatic N) is 3. The van der Waals surface area contributed by atoms with Crippen molar-refractivity contribution in [3.63, 3.8) is 0 Å². The van der Waals surface area contributed by atoms with Gasteiger partial charge in [-0.05, 0) is 85.6 Å². The first kappa shape index (κ1) is 19.7. The predicted molar refractivity (Wildman–Crippen MR) is 119 cm³/mol. The van der Waals surface area contributed by atoms with Gasteiger partial charge in [0.25, 0.3) is 5.91 Å².